The lowest BCUT2D eigenvalue weighted by atomic mass is 9.95. The topological polar surface area (TPSA) is 540 Å². The van der Waals surface area contributed by atoms with E-state index < -0.39 is 217 Å². The number of anilines is 1. The zero-order valence-corrected chi connectivity index (χ0v) is 68.9. The van der Waals surface area contributed by atoms with Crippen molar-refractivity contribution in [2.45, 2.75) is 235 Å². The molecule has 6 fully saturated rings. The third kappa shape index (κ3) is 25.7. The molecule has 1 saturated carbocycles. The summed E-state index contributed by atoms with van der Waals surface area (Å²) >= 11 is 0.930. The molecule has 1 aliphatic carbocycles. The number of amides is 9. The Labute approximate surface area is 683 Å². The van der Waals surface area contributed by atoms with E-state index in [1.165, 1.54) is 33.2 Å². The van der Waals surface area contributed by atoms with Gasteiger partial charge in [0.1, 0.15) is 52.5 Å². The zero-order valence-electron chi connectivity index (χ0n) is 67.3. The number of hydrogen-bond acceptors (Lipinski definition) is 28. The number of benzene rings is 2. The summed E-state index contributed by atoms with van der Waals surface area (Å²) in [5.74, 6) is -11.3. The molecule has 38 nitrogen and oxygen atoms in total. The Morgan fingerprint density at radius 3 is 1.95 bits per heavy atom. The van der Waals surface area contributed by atoms with Gasteiger partial charge >= 0.3 is 22.6 Å². The number of ether oxygens (including phenoxy) is 3. The van der Waals surface area contributed by atoms with E-state index in [-0.39, 0.29) is 67.4 Å². The molecule has 9 rings (SSSR count). The highest BCUT2D eigenvalue weighted by molar-refractivity contribution is 8.26. The van der Waals surface area contributed by atoms with Gasteiger partial charge in [-0.05, 0) is 128 Å². The highest BCUT2D eigenvalue weighted by atomic mass is 32.3. The monoisotopic (exact) mass is 1680 g/mol. The zero-order chi connectivity index (χ0) is 85.7. The molecule has 40 heteroatoms. The van der Waals surface area contributed by atoms with Crippen molar-refractivity contribution in [1.82, 2.24) is 61.1 Å². The number of amidine groups is 1. The van der Waals surface area contributed by atoms with E-state index in [4.69, 9.17) is 35.0 Å². The Kier molecular flexibility index (Phi) is 31.4. The van der Waals surface area contributed by atoms with Crippen molar-refractivity contribution in [3.63, 3.8) is 0 Å². The second-order valence-corrected chi connectivity index (χ2v) is 35.0. The fraction of sp³-hybridized carbons (Fsp3) is 0.649. The van der Waals surface area contributed by atoms with Crippen LogP contribution in [0.4, 0.5) is 15.5 Å². The molecule has 6 aliphatic rings. The number of aromatic hydroxyl groups is 1. The van der Waals surface area contributed by atoms with Gasteiger partial charge in [0.15, 0.2) is 16.7 Å². The van der Waals surface area contributed by atoms with E-state index in [0.29, 0.717) is 17.6 Å². The second-order valence-electron chi connectivity index (χ2n) is 33.0. The SMILES string of the molecule is C[C@@H](O)[C@@H]1NC(=O)C(N(CC2CCN(C(=N)SC(=N)c3ccc(-c4cnc(N5CCC(OC6CCCCC6)CC5)nc4)cc3)CC2)C(=O)OC(C)(C)C)C[C@@H](O)CNC(=O)[C@@H]2[C@@H](O)[C@@H](C)CN2C(=O)[C@H]([C@H](O)CC(=O)NCCN(C)C(=O)OC(C)(C)C)NC(=O)[C@H]([C@H](O)Cc2ccc(O)c(OS(=O)(=O)O)c2)NC(=O)[C@@H]2C[C@@H](O)CN2C1=O. The summed E-state index contributed by atoms with van der Waals surface area (Å²) in [6.07, 6.45) is -4.11. The minimum atomic E-state index is -5.30. The van der Waals surface area contributed by atoms with Crippen LogP contribution in [0.5, 0.6) is 11.5 Å². The molecule has 2 aromatic carbocycles. The normalized spacial score (nSPS) is 25.1. The molecular weight excluding hydrogens is 1570 g/mol. The van der Waals surface area contributed by atoms with Gasteiger partial charge in [0.25, 0.3) is 0 Å². The number of piperidine rings is 2. The highest BCUT2D eigenvalue weighted by Gasteiger charge is 2.51. The maximum Gasteiger partial charge on any atom is 0.446 e. The Hall–Kier alpha value is -9.13. The third-order valence-electron chi connectivity index (χ3n) is 21.3. The maximum atomic E-state index is 15.4. The predicted octanol–water partition coefficient (Wildman–Crippen LogP) is 0.883. The number of phenolic OH excluding ortho intramolecular Hbond substituents is 1. The van der Waals surface area contributed by atoms with Crippen LogP contribution in [0.3, 0.4) is 0 Å². The number of β-amino-alcohol motifs (C(OH)–C–C–N with tert-alkyl or cyclic N) is 1. The van der Waals surface area contributed by atoms with Gasteiger partial charge in [-0.25, -0.2) is 19.6 Å². The molecule has 1 aromatic heterocycles. The highest BCUT2D eigenvalue weighted by Crippen LogP contribution is 2.34. The molecule has 5 saturated heterocycles. The van der Waals surface area contributed by atoms with E-state index in [1.807, 2.05) is 12.1 Å². The van der Waals surface area contributed by atoms with Crippen LogP contribution in [-0.2, 0) is 64.6 Å². The molecule has 117 heavy (non-hydrogen) atoms. The number of aliphatic hydroxyl groups is 6. The average molecular weight is 1680 g/mol. The number of carbonyl (C=O) groups excluding carboxylic acids is 9. The van der Waals surface area contributed by atoms with Crippen LogP contribution in [0.2, 0.25) is 0 Å². The van der Waals surface area contributed by atoms with Crippen molar-refractivity contribution in [1.29, 1.82) is 10.8 Å². The molecule has 1 unspecified atom stereocenters. The van der Waals surface area contributed by atoms with Gasteiger partial charge in [-0.2, -0.15) is 8.42 Å². The molecule has 5 aliphatic heterocycles. The molecule has 0 bridgehead atoms. The van der Waals surface area contributed by atoms with E-state index >= 15 is 19.2 Å². The van der Waals surface area contributed by atoms with Crippen LogP contribution in [0.25, 0.3) is 11.1 Å². The molecule has 646 valence electrons. The summed E-state index contributed by atoms with van der Waals surface area (Å²) in [5.41, 5.74) is -0.133. The van der Waals surface area contributed by atoms with E-state index in [0.717, 1.165) is 106 Å². The van der Waals surface area contributed by atoms with Gasteiger partial charge in [-0.15, -0.1) is 0 Å². The number of phenols is 1. The van der Waals surface area contributed by atoms with Crippen molar-refractivity contribution in [3.8, 4) is 22.6 Å². The molecule has 6 heterocycles. The van der Waals surface area contributed by atoms with E-state index in [2.05, 4.69) is 35.7 Å². The number of hydrogen-bond donors (Lipinski definition) is 15. The fourth-order valence-corrected chi connectivity index (χ4v) is 16.1. The Balaban J connectivity index is 0.961. The molecule has 0 spiro atoms. The van der Waals surface area contributed by atoms with Crippen LogP contribution in [-0.4, -0.2) is 316 Å². The van der Waals surface area contributed by atoms with Gasteiger partial charge < -0.3 is 105 Å². The summed E-state index contributed by atoms with van der Waals surface area (Å²) in [5, 5.41) is 112. The Morgan fingerprint density at radius 1 is 0.718 bits per heavy atom. The summed E-state index contributed by atoms with van der Waals surface area (Å²) in [7, 11) is -3.92. The lowest BCUT2D eigenvalue weighted by molar-refractivity contribution is -0.147. The van der Waals surface area contributed by atoms with Gasteiger partial charge in [-0.3, -0.25) is 53.8 Å². The molecule has 15 N–H and O–H groups in total. The minimum Gasteiger partial charge on any atom is -0.504 e. The van der Waals surface area contributed by atoms with Crippen molar-refractivity contribution >= 4 is 91.9 Å². The number of nitrogens with one attached hydrogen (secondary N) is 7. The molecular formula is C77H113N15O23S2. The van der Waals surface area contributed by atoms with Crippen molar-refractivity contribution < 1.29 is 110 Å². The molecule has 9 amide bonds. The minimum absolute atomic E-state index is 0.0542. The number of rotatable bonds is 20. The van der Waals surface area contributed by atoms with Gasteiger partial charge in [0, 0.05) is 121 Å². The average Bonchev–Trinajstić information content (AvgIpc) is 1.64. The van der Waals surface area contributed by atoms with E-state index in [9.17, 15) is 72.7 Å². The number of fused-ring (bicyclic) bond motifs is 2. The first kappa shape index (κ1) is 91.8. The third-order valence-corrected chi connectivity index (χ3v) is 22.6. The molecule has 0 radical (unpaired) electrons. The molecule has 13 atom stereocenters. The summed E-state index contributed by atoms with van der Waals surface area (Å²) < 4.78 is 55.2. The van der Waals surface area contributed by atoms with Crippen LogP contribution >= 0.6 is 11.8 Å². The maximum absolute atomic E-state index is 15.4. The smallest absolute Gasteiger partial charge is 0.446 e. The first-order chi connectivity index (χ1) is 55.0. The van der Waals surface area contributed by atoms with Crippen molar-refractivity contribution in [2.24, 2.45) is 11.8 Å². The summed E-state index contributed by atoms with van der Waals surface area (Å²) in [6, 6.07) is -2.36. The number of aliphatic hydroxyl groups excluding tert-OH is 6. The lowest BCUT2D eigenvalue weighted by Crippen LogP contribution is -2.64. The number of likely N-dealkylation sites (N-methyl/N-ethyl adjacent to an activating group) is 1. The van der Waals surface area contributed by atoms with Gasteiger partial charge in [0.05, 0.1) is 55.3 Å². The van der Waals surface area contributed by atoms with E-state index in [1.54, 1.807) is 71.0 Å². The fourth-order valence-electron chi connectivity index (χ4n) is 15.0. The summed E-state index contributed by atoms with van der Waals surface area (Å²) in [4.78, 5) is 149. The van der Waals surface area contributed by atoms with Crippen molar-refractivity contribution in [3.05, 3.63) is 66.0 Å². The molecule has 3 aromatic rings. The second kappa shape index (κ2) is 40.1. The van der Waals surface area contributed by atoms with Crippen LogP contribution in [0.1, 0.15) is 144 Å². The predicted molar refractivity (Wildman–Crippen MR) is 424 cm³/mol. The number of carbonyl (C=O) groups is 9. The van der Waals surface area contributed by atoms with Crippen molar-refractivity contribution in [2.75, 3.05) is 77.4 Å². The van der Waals surface area contributed by atoms with Gasteiger partial charge in [-0.1, -0.05) is 56.5 Å². The summed E-state index contributed by atoms with van der Waals surface area (Å²) in [6.45, 7) is 11.5. The number of thioether (sulfide) groups is 1. The first-order valence-corrected chi connectivity index (χ1v) is 41.7. The van der Waals surface area contributed by atoms with Crippen LogP contribution < -0.4 is 35.7 Å². The van der Waals surface area contributed by atoms with Crippen LogP contribution in [0.15, 0.2) is 54.9 Å². The van der Waals surface area contributed by atoms with Gasteiger partial charge in [0.2, 0.25) is 47.3 Å². The Bertz CT molecular complexity index is 4140. The standard InChI is InChI=1S/C77H113N15O23S2/c1-42-39-92-63(64(42)100)69(104)81-38-49(94)33-54(91(75(108)114-77(6,7)8)40-44-21-26-88(27-22-44)72(79)116-65(78)47-18-16-46(17-19-47)48-36-82-73(83-37-48)89-28-23-52(24-29-89)112-51-13-11-10-12-14-51)67(102)84-60(43(2)93)70(105)90-41-50(95)34-53(90)66(101)85-61(56(97)31-45-15-20-55(96)58(32-45)115-117(109,110)111)68(103)86-62(71(92)106)57(98)35-59(99)80-25-30-87(9)74(107)113-76(3,4)5/h15-20,32,36-37,42-44,49-54,56-57,60-64,78-79,93-98,100H,10-14,21-31,33-35,38-41H2,1-9H3,(H,80,99)(H,81,104)(H,84,102)(H,85,101)(H,86,103)(H,109,110,111)/t42-,43+,49+,50+,53-,54?,56+,57+,60-,61-,62-,63-,64-/m0/s1. The lowest BCUT2D eigenvalue weighted by Gasteiger charge is -2.39. The quantitative estimate of drug-likeness (QED) is 0.0424. The first-order valence-electron chi connectivity index (χ1n) is 39.5. The largest absolute Gasteiger partial charge is 0.504 e. The number of nitrogens with zero attached hydrogens (tertiary/aromatic N) is 8. The van der Waals surface area contributed by atoms with Crippen LogP contribution in [0, 0.1) is 22.7 Å². The number of aromatic nitrogens is 2. The number of likely N-dealkylation sites (tertiary alicyclic amines) is 1. The Morgan fingerprint density at radius 2 is 1.32 bits per heavy atom.